The molecule has 0 atom stereocenters. The van der Waals surface area contributed by atoms with E-state index in [0.29, 0.717) is 24.2 Å². The summed E-state index contributed by atoms with van der Waals surface area (Å²) in [6.45, 7) is 8.05. The molecule has 2 aromatic rings. The molecule has 6 heteroatoms. The monoisotopic (exact) mass is 308 g/mol. The second-order valence-electron chi connectivity index (χ2n) is 5.03. The molecule has 0 radical (unpaired) electrons. The Labute approximate surface area is 130 Å². The number of nitrogens with one attached hydrogen (secondary N) is 1. The van der Waals surface area contributed by atoms with Crippen molar-refractivity contribution in [3.63, 3.8) is 0 Å². The molecular weight excluding hydrogens is 288 g/mol. The van der Waals surface area contributed by atoms with Crippen molar-refractivity contribution in [3.05, 3.63) is 40.9 Å². The van der Waals surface area contributed by atoms with Crippen LogP contribution in [0.4, 0.5) is 0 Å². The van der Waals surface area contributed by atoms with Crippen LogP contribution in [0.3, 0.4) is 0 Å². The molecule has 0 unspecified atom stereocenters. The molecule has 0 saturated carbocycles. The molecule has 5 nitrogen and oxygen atoms in total. The summed E-state index contributed by atoms with van der Waals surface area (Å²) in [7, 11) is 0. The van der Waals surface area contributed by atoms with Crippen molar-refractivity contribution in [3.8, 4) is 5.75 Å². The lowest BCUT2D eigenvalue weighted by atomic mass is 10.2. The van der Waals surface area contributed by atoms with E-state index in [0.717, 1.165) is 23.7 Å². The standard InChI is InChI=1S/C15H21ClN4O/c1-4-20-15(18-10-19-20)9-21-14-7-5-6-13(16)12(14)8-17-11(2)3/h5-7,10-11,17H,4,8-9H2,1-3H3. The Kier molecular flexibility index (Phi) is 5.59. The van der Waals surface area contributed by atoms with Crippen LogP contribution in [0.25, 0.3) is 0 Å². The maximum atomic E-state index is 6.28. The van der Waals surface area contributed by atoms with Crippen molar-refractivity contribution in [2.45, 2.75) is 46.5 Å². The van der Waals surface area contributed by atoms with Gasteiger partial charge in [-0.3, -0.25) is 0 Å². The highest BCUT2D eigenvalue weighted by molar-refractivity contribution is 6.31. The van der Waals surface area contributed by atoms with Gasteiger partial charge in [0.2, 0.25) is 0 Å². The van der Waals surface area contributed by atoms with Gasteiger partial charge in [0, 0.05) is 29.7 Å². The Bertz CT molecular complexity index is 583. The Hall–Kier alpha value is -1.59. The van der Waals surface area contributed by atoms with Crippen LogP contribution in [0, 0.1) is 0 Å². The number of benzene rings is 1. The molecule has 21 heavy (non-hydrogen) atoms. The van der Waals surface area contributed by atoms with E-state index in [-0.39, 0.29) is 0 Å². The molecule has 0 saturated heterocycles. The number of hydrogen-bond donors (Lipinski definition) is 1. The van der Waals surface area contributed by atoms with Crippen molar-refractivity contribution < 1.29 is 4.74 Å². The molecule has 0 amide bonds. The number of halogens is 1. The van der Waals surface area contributed by atoms with E-state index in [9.17, 15) is 0 Å². The molecule has 0 fully saturated rings. The molecule has 114 valence electrons. The minimum absolute atomic E-state index is 0.378. The summed E-state index contributed by atoms with van der Waals surface area (Å²) < 4.78 is 7.71. The third-order valence-electron chi connectivity index (χ3n) is 3.11. The zero-order valence-electron chi connectivity index (χ0n) is 12.6. The van der Waals surface area contributed by atoms with Gasteiger partial charge >= 0.3 is 0 Å². The van der Waals surface area contributed by atoms with Gasteiger partial charge in [0.05, 0.1) is 0 Å². The molecule has 0 aliphatic heterocycles. The molecular formula is C15H21ClN4O. The van der Waals surface area contributed by atoms with E-state index >= 15 is 0 Å². The molecule has 2 rings (SSSR count). The van der Waals surface area contributed by atoms with Gasteiger partial charge in [-0.2, -0.15) is 5.10 Å². The van der Waals surface area contributed by atoms with Crippen LogP contribution in [-0.4, -0.2) is 20.8 Å². The number of aromatic nitrogens is 3. The fraction of sp³-hybridized carbons (Fsp3) is 0.467. The van der Waals surface area contributed by atoms with Crippen molar-refractivity contribution >= 4 is 11.6 Å². The molecule has 0 bridgehead atoms. The smallest absolute Gasteiger partial charge is 0.164 e. The first-order valence-corrected chi connectivity index (χ1v) is 7.49. The second kappa shape index (κ2) is 7.43. The first kappa shape index (κ1) is 15.8. The lowest BCUT2D eigenvalue weighted by Gasteiger charge is -2.15. The molecule has 0 spiro atoms. The van der Waals surface area contributed by atoms with Gasteiger partial charge < -0.3 is 10.1 Å². The van der Waals surface area contributed by atoms with E-state index in [1.54, 1.807) is 6.33 Å². The van der Waals surface area contributed by atoms with E-state index in [1.165, 1.54) is 0 Å². The Morgan fingerprint density at radius 3 is 2.90 bits per heavy atom. The maximum absolute atomic E-state index is 6.28. The Balaban J connectivity index is 2.10. The van der Waals surface area contributed by atoms with Crippen LogP contribution in [0.1, 0.15) is 32.2 Å². The van der Waals surface area contributed by atoms with Gasteiger partial charge in [-0.25, -0.2) is 9.67 Å². The Morgan fingerprint density at radius 2 is 2.19 bits per heavy atom. The van der Waals surface area contributed by atoms with Crippen LogP contribution in [-0.2, 0) is 19.7 Å². The number of hydrogen-bond acceptors (Lipinski definition) is 4. The molecule has 0 aliphatic carbocycles. The molecule has 0 aliphatic rings. The normalized spacial score (nSPS) is 11.1. The largest absolute Gasteiger partial charge is 0.485 e. The second-order valence-corrected chi connectivity index (χ2v) is 5.44. The third kappa shape index (κ3) is 4.19. The highest BCUT2D eigenvalue weighted by atomic mass is 35.5. The van der Waals surface area contributed by atoms with E-state index in [4.69, 9.17) is 16.3 Å². The van der Waals surface area contributed by atoms with E-state index in [2.05, 4.69) is 29.2 Å². The summed E-state index contributed by atoms with van der Waals surface area (Å²) in [6.07, 6.45) is 1.54. The van der Waals surface area contributed by atoms with Gasteiger partial charge in [0.1, 0.15) is 18.7 Å². The lowest BCUT2D eigenvalue weighted by Crippen LogP contribution is -2.22. The van der Waals surface area contributed by atoms with Crippen LogP contribution in [0.5, 0.6) is 5.75 Å². The fourth-order valence-corrected chi connectivity index (χ4v) is 2.19. The number of nitrogens with zero attached hydrogens (tertiary/aromatic N) is 3. The van der Waals surface area contributed by atoms with E-state index in [1.807, 2.05) is 29.8 Å². The van der Waals surface area contributed by atoms with E-state index < -0.39 is 0 Å². The topological polar surface area (TPSA) is 52.0 Å². The predicted octanol–water partition coefficient (Wildman–Crippen LogP) is 3.03. The maximum Gasteiger partial charge on any atom is 0.164 e. The van der Waals surface area contributed by atoms with Gasteiger partial charge in [-0.1, -0.05) is 31.5 Å². The fourth-order valence-electron chi connectivity index (χ4n) is 1.96. The molecule has 1 heterocycles. The van der Waals surface area contributed by atoms with Gasteiger partial charge in [-0.15, -0.1) is 0 Å². The summed E-state index contributed by atoms with van der Waals surface area (Å²) in [5.74, 6) is 1.58. The first-order valence-electron chi connectivity index (χ1n) is 7.12. The third-order valence-corrected chi connectivity index (χ3v) is 3.47. The van der Waals surface area contributed by atoms with Gasteiger partial charge in [0.15, 0.2) is 5.82 Å². The summed E-state index contributed by atoms with van der Waals surface area (Å²) in [6, 6.07) is 6.08. The van der Waals surface area contributed by atoms with Crippen molar-refractivity contribution in [1.82, 2.24) is 20.1 Å². The number of ether oxygens (including phenoxy) is 1. The summed E-state index contributed by atoms with van der Waals surface area (Å²) in [5, 5.41) is 8.20. The SMILES string of the molecule is CCn1ncnc1COc1cccc(Cl)c1CNC(C)C. The number of rotatable bonds is 7. The minimum atomic E-state index is 0.378. The Morgan fingerprint density at radius 1 is 1.38 bits per heavy atom. The summed E-state index contributed by atoms with van der Waals surface area (Å²) >= 11 is 6.28. The first-order chi connectivity index (χ1) is 10.1. The number of aryl methyl sites for hydroxylation is 1. The highest BCUT2D eigenvalue weighted by Gasteiger charge is 2.10. The van der Waals surface area contributed by atoms with Crippen LogP contribution in [0.2, 0.25) is 5.02 Å². The average molecular weight is 309 g/mol. The highest BCUT2D eigenvalue weighted by Crippen LogP contribution is 2.27. The summed E-state index contributed by atoms with van der Waals surface area (Å²) in [5.41, 5.74) is 0.968. The molecule has 1 N–H and O–H groups in total. The van der Waals surface area contributed by atoms with Crippen molar-refractivity contribution in [2.24, 2.45) is 0 Å². The zero-order valence-corrected chi connectivity index (χ0v) is 13.4. The van der Waals surface area contributed by atoms with Crippen molar-refractivity contribution in [1.29, 1.82) is 0 Å². The average Bonchev–Trinajstić information content (AvgIpc) is 2.91. The van der Waals surface area contributed by atoms with Gasteiger partial charge in [-0.05, 0) is 19.1 Å². The minimum Gasteiger partial charge on any atom is -0.485 e. The molecule has 1 aromatic carbocycles. The van der Waals surface area contributed by atoms with Crippen molar-refractivity contribution in [2.75, 3.05) is 0 Å². The van der Waals surface area contributed by atoms with Crippen LogP contribution in [0.15, 0.2) is 24.5 Å². The van der Waals surface area contributed by atoms with Crippen LogP contribution >= 0.6 is 11.6 Å². The quantitative estimate of drug-likeness (QED) is 0.854. The summed E-state index contributed by atoms with van der Waals surface area (Å²) in [4.78, 5) is 4.21. The predicted molar refractivity (Wildman–Crippen MR) is 83.5 cm³/mol. The molecule has 1 aromatic heterocycles. The van der Waals surface area contributed by atoms with Gasteiger partial charge in [0.25, 0.3) is 0 Å². The lowest BCUT2D eigenvalue weighted by molar-refractivity contribution is 0.283. The van der Waals surface area contributed by atoms with Crippen LogP contribution < -0.4 is 10.1 Å². The zero-order chi connectivity index (χ0) is 15.2.